The molecule has 1 nitrogen and oxygen atoms in total. The Morgan fingerprint density at radius 3 is 2.75 bits per heavy atom. The third kappa shape index (κ3) is 2.51. The summed E-state index contributed by atoms with van der Waals surface area (Å²) in [4.78, 5) is 2.68. The van der Waals surface area contributed by atoms with Crippen LogP contribution in [-0.2, 0) is 0 Å². The highest BCUT2D eigenvalue weighted by Crippen LogP contribution is 2.22. The van der Waals surface area contributed by atoms with Gasteiger partial charge in [0.1, 0.15) is 0 Å². The molecule has 1 aliphatic rings. The Hall–Kier alpha value is 0.0249. The van der Waals surface area contributed by atoms with E-state index >= 15 is 0 Å². The van der Waals surface area contributed by atoms with Gasteiger partial charge in [-0.25, -0.2) is 0 Å². The summed E-state index contributed by atoms with van der Waals surface area (Å²) < 4.78 is 0. The van der Waals surface area contributed by atoms with Crippen molar-refractivity contribution < 1.29 is 0 Å². The van der Waals surface area contributed by atoms with Crippen LogP contribution >= 0.6 is 0 Å². The molecule has 0 amide bonds. The lowest BCUT2D eigenvalue weighted by molar-refractivity contribution is 0.387. The SMILES string of the molecule is CCCCB1CCCN1C(C)C. The molecule has 70 valence electrons. The topological polar surface area (TPSA) is 3.24 Å². The van der Waals surface area contributed by atoms with Crippen LogP contribution in [-0.4, -0.2) is 24.2 Å². The number of unbranched alkanes of at least 4 members (excludes halogenated alkanes) is 1. The van der Waals surface area contributed by atoms with Crippen molar-refractivity contribution in [1.29, 1.82) is 0 Å². The van der Waals surface area contributed by atoms with Gasteiger partial charge in [0, 0.05) is 0 Å². The first-order valence-corrected chi connectivity index (χ1v) is 5.51. The minimum Gasteiger partial charge on any atom is -0.340 e. The van der Waals surface area contributed by atoms with E-state index in [1.807, 2.05) is 0 Å². The molecule has 0 saturated carbocycles. The zero-order chi connectivity index (χ0) is 8.97. The lowest BCUT2D eigenvalue weighted by Gasteiger charge is -2.26. The maximum Gasteiger partial charge on any atom is 0.223 e. The normalized spacial score (nSPS) is 19.5. The quantitative estimate of drug-likeness (QED) is 0.582. The van der Waals surface area contributed by atoms with Gasteiger partial charge in [0.25, 0.3) is 0 Å². The van der Waals surface area contributed by atoms with Gasteiger partial charge in [-0.1, -0.05) is 46.3 Å². The maximum absolute atomic E-state index is 2.68. The summed E-state index contributed by atoms with van der Waals surface area (Å²) in [6, 6.07) is 0.759. The monoisotopic (exact) mass is 167 g/mol. The highest BCUT2D eigenvalue weighted by atomic mass is 15.1. The van der Waals surface area contributed by atoms with Crippen molar-refractivity contribution in [3.63, 3.8) is 0 Å². The van der Waals surface area contributed by atoms with Crippen molar-refractivity contribution in [2.24, 2.45) is 0 Å². The molecule has 12 heavy (non-hydrogen) atoms. The summed E-state index contributed by atoms with van der Waals surface area (Å²) in [5.74, 6) is 0. The third-order valence-corrected chi connectivity index (χ3v) is 2.98. The fourth-order valence-electron chi connectivity index (χ4n) is 2.29. The summed E-state index contributed by atoms with van der Waals surface area (Å²) in [6.45, 7) is 9.18. The van der Waals surface area contributed by atoms with Crippen molar-refractivity contribution in [3.05, 3.63) is 0 Å². The summed E-state index contributed by atoms with van der Waals surface area (Å²) in [6.07, 6.45) is 7.05. The van der Waals surface area contributed by atoms with Gasteiger partial charge < -0.3 is 4.81 Å². The highest BCUT2D eigenvalue weighted by molar-refractivity contribution is 6.56. The molecular weight excluding hydrogens is 145 g/mol. The molecule has 1 heterocycles. The lowest BCUT2D eigenvalue weighted by atomic mass is 9.55. The molecule has 1 saturated heterocycles. The number of rotatable bonds is 4. The minimum atomic E-state index is 0.759. The van der Waals surface area contributed by atoms with E-state index in [1.54, 1.807) is 0 Å². The zero-order valence-corrected chi connectivity index (χ0v) is 8.84. The molecular formula is C10H22BN. The van der Waals surface area contributed by atoms with Crippen molar-refractivity contribution in [1.82, 2.24) is 4.81 Å². The summed E-state index contributed by atoms with van der Waals surface area (Å²) in [5, 5.41) is 0. The Kier molecular flexibility index (Phi) is 4.13. The first-order valence-electron chi connectivity index (χ1n) is 5.51. The highest BCUT2D eigenvalue weighted by Gasteiger charge is 2.28. The van der Waals surface area contributed by atoms with Crippen LogP contribution in [0.2, 0.25) is 12.6 Å². The molecule has 1 aliphatic heterocycles. The molecule has 0 spiro atoms. The van der Waals surface area contributed by atoms with Crippen molar-refractivity contribution in [2.75, 3.05) is 6.54 Å². The maximum atomic E-state index is 2.68. The van der Waals surface area contributed by atoms with Gasteiger partial charge in [0.2, 0.25) is 6.85 Å². The smallest absolute Gasteiger partial charge is 0.223 e. The molecule has 0 aromatic rings. The van der Waals surface area contributed by atoms with Crippen LogP contribution in [0.15, 0.2) is 0 Å². The van der Waals surface area contributed by atoms with Gasteiger partial charge in [-0.2, -0.15) is 0 Å². The molecule has 0 atom stereocenters. The van der Waals surface area contributed by atoms with Gasteiger partial charge in [-0.15, -0.1) is 0 Å². The van der Waals surface area contributed by atoms with E-state index in [-0.39, 0.29) is 0 Å². The molecule has 0 aliphatic carbocycles. The van der Waals surface area contributed by atoms with Gasteiger partial charge in [-0.3, -0.25) is 0 Å². The molecule has 1 fully saturated rings. The van der Waals surface area contributed by atoms with Gasteiger partial charge in [-0.05, 0) is 19.0 Å². The van der Waals surface area contributed by atoms with Crippen LogP contribution in [0.25, 0.3) is 0 Å². The van der Waals surface area contributed by atoms with E-state index in [4.69, 9.17) is 0 Å². The van der Waals surface area contributed by atoms with E-state index in [9.17, 15) is 0 Å². The van der Waals surface area contributed by atoms with Crippen molar-refractivity contribution in [2.45, 2.75) is 58.7 Å². The first-order chi connectivity index (χ1) is 5.75. The Morgan fingerprint density at radius 1 is 1.42 bits per heavy atom. The second-order valence-electron chi connectivity index (χ2n) is 4.27. The van der Waals surface area contributed by atoms with Gasteiger partial charge >= 0.3 is 0 Å². The molecule has 0 N–H and O–H groups in total. The molecule has 0 unspecified atom stereocenters. The fourth-order valence-corrected chi connectivity index (χ4v) is 2.29. The fraction of sp³-hybridized carbons (Fsp3) is 1.00. The largest absolute Gasteiger partial charge is 0.340 e. The van der Waals surface area contributed by atoms with E-state index < -0.39 is 0 Å². The van der Waals surface area contributed by atoms with Crippen LogP contribution in [0.5, 0.6) is 0 Å². The van der Waals surface area contributed by atoms with Crippen LogP contribution < -0.4 is 0 Å². The summed E-state index contributed by atoms with van der Waals surface area (Å²) >= 11 is 0. The van der Waals surface area contributed by atoms with Gasteiger partial charge in [0.15, 0.2) is 0 Å². The molecule has 0 bridgehead atoms. The van der Waals surface area contributed by atoms with Crippen molar-refractivity contribution in [3.8, 4) is 0 Å². The lowest BCUT2D eigenvalue weighted by Crippen LogP contribution is -2.38. The Morgan fingerprint density at radius 2 is 2.17 bits per heavy atom. The van der Waals surface area contributed by atoms with E-state index in [1.165, 1.54) is 38.4 Å². The van der Waals surface area contributed by atoms with E-state index in [2.05, 4.69) is 25.6 Å². The molecule has 0 aromatic carbocycles. The molecule has 1 rings (SSSR count). The predicted octanol–water partition coefficient (Wildman–Crippen LogP) is 2.89. The second kappa shape index (κ2) is 4.91. The second-order valence-corrected chi connectivity index (χ2v) is 4.27. The Labute approximate surface area is 77.6 Å². The number of hydrogen-bond donors (Lipinski definition) is 0. The van der Waals surface area contributed by atoms with Crippen LogP contribution in [0.4, 0.5) is 0 Å². The summed E-state index contributed by atoms with van der Waals surface area (Å²) in [5.41, 5.74) is 0. The van der Waals surface area contributed by atoms with E-state index in [0.717, 1.165) is 12.9 Å². The predicted molar refractivity (Wildman–Crippen MR) is 56.7 cm³/mol. The molecule has 2 heteroatoms. The van der Waals surface area contributed by atoms with Crippen LogP contribution in [0, 0.1) is 0 Å². The van der Waals surface area contributed by atoms with Crippen LogP contribution in [0.3, 0.4) is 0 Å². The third-order valence-electron chi connectivity index (χ3n) is 2.98. The van der Waals surface area contributed by atoms with Gasteiger partial charge in [0.05, 0.1) is 0 Å². The molecule has 0 aromatic heterocycles. The summed E-state index contributed by atoms with van der Waals surface area (Å²) in [7, 11) is 0. The minimum absolute atomic E-state index is 0.759. The average Bonchev–Trinajstić information content (AvgIpc) is 2.48. The van der Waals surface area contributed by atoms with E-state index in [0.29, 0.717) is 0 Å². The molecule has 0 radical (unpaired) electrons. The number of nitrogens with zero attached hydrogens (tertiary/aromatic N) is 1. The zero-order valence-electron chi connectivity index (χ0n) is 8.84. The van der Waals surface area contributed by atoms with Crippen molar-refractivity contribution >= 4 is 6.85 Å². The Bertz CT molecular complexity index is 125. The average molecular weight is 167 g/mol. The standard InChI is InChI=1S/C10H22BN/c1-4-5-7-11-8-6-9-12(11)10(2)3/h10H,4-9H2,1-3H3. The Balaban J connectivity index is 2.30. The number of hydrogen-bond acceptors (Lipinski definition) is 1. The van der Waals surface area contributed by atoms with Crippen LogP contribution in [0.1, 0.15) is 40.0 Å². The first kappa shape index (κ1) is 10.1.